The lowest BCUT2D eigenvalue weighted by Crippen LogP contribution is -2.32. The van der Waals surface area contributed by atoms with Crippen molar-refractivity contribution in [3.05, 3.63) is 108 Å². The van der Waals surface area contributed by atoms with Crippen LogP contribution in [0.5, 0.6) is 0 Å². The van der Waals surface area contributed by atoms with Crippen LogP contribution in [0.3, 0.4) is 0 Å². The van der Waals surface area contributed by atoms with Crippen LogP contribution in [-0.2, 0) is 20.0 Å². The van der Waals surface area contributed by atoms with Crippen molar-refractivity contribution in [2.45, 2.75) is 102 Å². The highest BCUT2D eigenvalue weighted by atomic mass is 32.2. The molecule has 0 heterocycles. The van der Waals surface area contributed by atoms with Crippen molar-refractivity contribution in [2.24, 2.45) is 0 Å². The Morgan fingerprint density at radius 2 is 0.812 bits per heavy atom. The zero-order chi connectivity index (χ0) is 34.6. The number of aryl methyl sites for hydroxylation is 2. The van der Waals surface area contributed by atoms with Crippen LogP contribution >= 0.6 is 0 Å². The molecule has 8 heteroatoms. The van der Waals surface area contributed by atoms with Gasteiger partial charge >= 0.3 is 0 Å². The van der Waals surface area contributed by atoms with E-state index in [4.69, 9.17) is 0 Å². The van der Waals surface area contributed by atoms with E-state index in [1.54, 1.807) is 57.1 Å². The Hall–Kier alpha value is -3.62. The summed E-state index contributed by atoms with van der Waals surface area (Å²) in [6, 6.07) is 29.1. The van der Waals surface area contributed by atoms with Gasteiger partial charge in [-0.2, -0.15) is 0 Å². The summed E-state index contributed by atoms with van der Waals surface area (Å²) in [7, 11) is -7.50. The highest BCUT2D eigenvalue weighted by molar-refractivity contribution is 7.93. The lowest BCUT2D eigenvalue weighted by atomic mass is 9.99. The number of rotatable bonds is 19. The van der Waals surface area contributed by atoms with Gasteiger partial charge in [-0.05, 0) is 97.5 Å². The van der Waals surface area contributed by atoms with Crippen molar-refractivity contribution >= 4 is 31.4 Å². The summed E-state index contributed by atoms with van der Waals surface area (Å²) in [6.07, 6.45) is 10.3. The van der Waals surface area contributed by atoms with Crippen LogP contribution in [0.25, 0.3) is 11.1 Å². The molecule has 4 rings (SSSR count). The van der Waals surface area contributed by atoms with Crippen LogP contribution in [0, 0.1) is 13.8 Å². The first-order chi connectivity index (χ1) is 23.1. The quantitative estimate of drug-likeness (QED) is 0.0919. The van der Waals surface area contributed by atoms with E-state index in [0.717, 1.165) is 86.5 Å². The standard InChI is InChI=1S/C40H52N2O4S2/c1-5-7-9-11-19-29-41(47(43,44)37-21-15-13-16-22-37)39-27-25-35(31-33(39)3)36-26-28-40(34(4)32-36)42(30-20-12-10-8-6-2)48(45,46)38-23-17-14-18-24-38/h13-18,21-28,31-32H,5-12,19-20,29-30H2,1-4H3. The van der Waals surface area contributed by atoms with E-state index in [1.807, 2.05) is 62.4 Å². The van der Waals surface area contributed by atoms with Gasteiger partial charge in [0.2, 0.25) is 0 Å². The smallest absolute Gasteiger partial charge is 0.264 e. The van der Waals surface area contributed by atoms with Gasteiger partial charge in [0, 0.05) is 13.1 Å². The van der Waals surface area contributed by atoms with Crippen molar-refractivity contribution in [1.82, 2.24) is 0 Å². The van der Waals surface area contributed by atoms with Crippen LogP contribution < -0.4 is 8.61 Å². The fraction of sp³-hybridized carbons (Fsp3) is 0.400. The minimum Gasteiger partial charge on any atom is -0.266 e. The maximum Gasteiger partial charge on any atom is 0.264 e. The summed E-state index contributed by atoms with van der Waals surface area (Å²) in [6.45, 7) is 9.08. The fourth-order valence-corrected chi connectivity index (χ4v) is 9.30. The Kier molecular flexibility index (Phi) is 13.7. The second kappa shape index (κ2) is 17.7. The Bertz CT molecular complexity index is 1670. The zero-order valence-electron chi connectivity index (χ0n) is 29.1. The topological polar surface area (TPSA) is 74.8 Å². The summed E-state index contributed by atoms with van der Waals surface area (Å²) in [5.41, 5.74) is 4.97. The molecule has 4 aromatic rings. The third-order valence-electron chi connectivity index (χ3n) is 8.86. The monoisotopic (exact) mass is 688 g/mol. The third kappa shape index (κ3) is 9.29. The Labute approximate surface area is 289 Å². The van der Waals surface area contributed by atoms with E-state index in [-0.39, 0.29) is 9.79 Å². The normalized spacial score (nSPS) is 11.8. The highest BCUT2D eigenvalue weighted by Gasteiger charge is 2.27. The zero-order valence-corrected chi connectivity index (χ0v) is 30.7. The molecule has 258 valence electrons. The second-order valence-corrected chi connectivity index (χ2v) is 16.3. The Morgan fingerprint density at radius 1 is 0.458 bits per heavy atom. The van der Waals surface area contributed by atoms with E-state index in [2.05, 4.69) is 13.8 Å². The molecule has 0 aliphatic heterocycles. The average molecular weight is 689 g/mol. The van der Waals surface area contributed by atoms with Crippen molar-refractivity contribution < 1.29 is 16.8 Å². The number of benzene rings is 4. The minimum atomic E-state index is -3.75. The van der Waals surface area contributed by atoms with E-state index in [0.29, 0.717) is 24.5 Å². The lowest BCUT2D eigenvalue weighted by molar-refractivity contribution is 0.582. The molecule has 0 atom stereocenters. The van der Waals surface area contributed by atoms with Crippen LogP contribution in [0.2, 0.25) is 0 Å². The van der Waals surface area contributed by atoms with Crippen molar-refractivity contribution in [3.63, 3.8) is 0 Å². The molecule has 0 saturated heterocycles. The molecule has 0 radical (unpaired) electrons. The first-order valence-corrected chi connectivity index (χ1v) is 20.4. The number of nitrogens with zero attached hydrogens (tertiary/aromatic N) is 2. The largest absolute Gasteiger partial charge is 0.266 e. The van der Waals surface area contributed by atoms with Gasteiger partial charge in [-0.15, -0.1) is 0 Å². The van der Waals surface area contributed by atoms with Gasteiger partial charge in [0.15, 0.2) is 0 Å². The van der Waals surface area contributed by atoms with Crippen LogP contribution in [0.1, 0.15) is 89.2 Å². The Morgan fingerprint density at radius 3 is 1.15 bits per heavy atom. The van der Waals surface area contributed by atoms with Crippen molar-refractivity contribution in [3.8, 4) is 11.1 Å². The minimum absolute atomic E-state index is 0.286. The molecule has 0 N–H and O–H groups in total. The Balaban J connectivity index is 1.65. The molecule has 0 aliphatic rings. The number of unbranched alkanes of at least 4 members (excludes halogenated alkanes) is 8. The third-order valence-corrected chi connectivity index (χ3v) is 12.5. The predicted molar refractivity (Wildman–Crippen MR) is 201 cm³/mol. The van der Waals surface area contributed by atoms with Gasteiger partial charge < -0.3 is 0 Å². The number of sulfonamides is 2. The van der Waals surface area contributed by atoms with Gasteiger partial charge in [0.1, 0.15) is 0 Å². The molecule has 0 aliphatic carbocycles. The molecule has 0 fully saturated rings. The molecular weight excluding hydrogens is 637 g/mol. The number of anilines is 2. The number of hydrogen-bond donors (Lipinski definition) is 0. The van der Waals surface area contributed by atoms with E-state index in [9.17, 15) is 16.8 Å². The van der Waals surface area contributed by atoms with Gasteiger partial charge in [0.05, 0.1) is 21.2 Å². The van der Waals surface area contributed by atoms with Gasteiger partial charge in [0.25, 0.3) is 20.0 Å². The van der Waals surface area contributed by atoms with Gasteiger partial charge in [-0.3, -0.25) is 8.61 Å². The first kappa shape index (κ1) is 37.2. The molecule has 0 aromatic heterocycles. The maximum atomic E-state index is 13.9. The summed E-state index contributed by atoms with van der Waals surface area (Å²) >= 11 is 0. The molecule has 0 spiro atoms. The molecule has 0 unspecified atom stereocenters. The van der Waals surface area contributed by atoms with Crippen LogP contribution in [-0.4, -0.2) is 29.9 Å². The molecule has 0 amide bonds. The summed E-state index contributed by atoms with van der Waals surface area (Å²) in [4.78, 5) is 0.572. The molecule has 6 nitrogen and oxygen atoms in total. The van der Waals surface area contributed by atoms with E-state index < -0.39 is 20.0 Å². The van der Waals surface area contributed by atoms with E-state index >= 15 is 0 Å². The summed E-state index contributed by atoms with van der Waals surface area (Å²) < 4.78 is 58.7. The van der Waals surface area contributed by atoms with Gasteiger partial charge in [-0.25, -0.2) is 16.8 Å². The average Bonchev–Trinajstić information content (AvgIpc) is 3.09. The molecule has 0 bridgehead atoms. The lowest BCUT2D eigenvalue weighted by Gasteiger charge is -2.27. The SMILES string of the molecule is CCCCCCCN(c1ccc(-c2ccc(N(CCCCCCC)S(=O)(=O)c3ccccc3)c(C)c2)cc1C)S(=O)(=O)c1ccccc1. The van der Waals surface area contributed by atoms with Crippen molar-refractivity contribution in [2.75, 3.05) is 21.7 Å². The fourth-order valence-electron chi connectivity index (χ4n) is 6.13. The predicted octanol–water partition coefficient (Wildman–Crippen LogP) is 10.3. The second-order valence-electron chi connectivity index (χ2n) is 12.6. The summed E-state index contributed by atoms with van der Waals surface area (Å²) in [5.74, 6) is 0. The van der Waals surface area contributed by atoms with Gasteiger partial charge in [-0.1, -0.05) is 114 Å². The number of hydrogen-bond acceptors (Lipinski definition) is 4. The van der Waals surface area contributed by atoms with Crippen molar-refractivity contribution in [1.29, 1.82) is 0 Å². The van der Waals surface area contributed by atoms with Crippen LogP contribution in [0.15, 0.2) is 107 Å². The summed E-state index contributed by atoms with van der Waals surface area (Å²) in [5, 5.41) is 0. The highest BCUT2D eigenvalue weighted by Crippen LogP contribution is 2.34. The maximum absolute atomic E-state index is 13.9. The molecule has 0 saturated carbocycles. The molecule has 4 aromatic carbocycles. The molecular formula is C40H52N2O4S2. The van der Waals surface area contributed by atoms with Crippen LogP contribution in [0.4, 0.5) is 11.4 Å². The molecule has 48 heavy (non-hydrogen) atoms. The first-order valence-electron chi connectivity index (χ1n) is 17.5. The van der Waals surface area contributed by atoms with E-state index in [1.165, 1.54) is 0 Å².